The largest absolute Gasteiger partial charge is 0.338 e. The molecule has 0 radical (unpaired) electrons. The van der Waals surface area contributed by atoms with Gasteiger partial charge in [-0.25, -0.2) is 24.6 Å². The van der Waals surface area contributed by atoms with Crippen molar-refractivity contribution in [2.45, 2.75) is 27.7 Å². The minimum absolute atomic E-state index is 0.339. The van der Waals surface area contributed by atoms with E-state index in [1.165, 1.54) is 0 Å². The lowest BCUT2D eigenvalue weighted by Gasteiger charge is -2.12. The van der Waals surface area contributed by atoms with Crippen molar-refractivity contribution in [2.24, 2.45) is 0 Å². The predicted octanol–water partition coefficient (Wildman–Crippen LogP) is 10.8. The molecule has 47 heavy (non-hydrogen) atoms. The van der Waals surface area contributed by atoms with Gasteiger partial charge in [0.2, 0.25) is 0 Å². The molecule has 6 rings (SSSR count). The first-order valence-corrected chi connectivity index (χ1v) is 16.1. The number of halogens is 7. The van der Waals surface area contributed by atoms with Crippen molar-refractivity contribution >= 4 is 104 Å². The first-order chi connectivity index (χ1) is 22.3. The molecule has 4 heterocycles. The quantitative estimate of drug-likeness (QED) is 0.148. The summed E-state index contributed by atoms with van der Waals surface area (Å²) in [6.07, 6.45) is 3.57. The normalized spacial score (nSPS) is 10.4. The number of hydrogen-bond donors (Lipinski definition) is 3. The van der Waals surface area contributed by atoms with Gasteiger partial charge in [-0.15, -0.1) is 0 Å². The molecule has 0 aliphatic heterocycles. The molecule has 0 amide bonds. The van der Waals surface area contributed by atoms with Crippen molar-refractivity contribution < 1.29 is 0 Å². The molecule has 3 N–H and O–H groups in total. The van der Waals surface area contributed by atoms with Crippen molar-refractivity contribution in [1.29, 1.82) is 0 Å². The second-order valence-electron chi connectivity index (χ2n) is 9.66. The molecule has 0 aliphatic rings. The van der Waals surface area contributed by atoms with E-state index in [-0.39, 0.29) is 0 Å². The summed E-state index contributed by atoms with van der Waals surface area (Å²) in [6.45, 7) is 7.42. The van der Waals surface area contributed by atoms with Gasteiger partial charge in [-0.1, -0.05) is 81.2 Å². The number of nitrogens with one attached hydrogen (secondary N) is 3. The Labute approximate surface area is 305 Å². The monoisotopic (exact) mass is 770 g/mol. The van der Waals surface area contributed by atoms with Gasteiger partial charge in [0.15, 0.2) is 5.82 Å². The summed E-state index contributed by atoms with van der Waals surface area (Å²) in [5.41, 5.74) is 3.07. The van der Waals surface area contributed by atoms with Crippen molar-refractivity contribution in [1.82, 2.24) is 39.9 Å². The third-order valence-electron chi connectivity index (χ3n) is 5.75. The molecule has 0 atom stereocenters. The highest BCUT2D eigenvalue weighted by Gasteiger charge is 2.12. The maximum atomic E-state index is 6.19. The number of benzene rings is 2. The van der Waals surface area contributed by atoms with Crippen LogP contribution in [0.3, 0.4) is 0 Å². The number of hydrogen-bond acceptors (Lipinski definition) is 8. The van der Waals surface area contributed by atoms with Gasteiger partial charge in [-0.2, -0.15) is 10.2 Å². The van der Waals surface area contributed by atoms with Gasteiger partial charge in [0.05, 0.1) is 37.2 Å². The smallest absolute Gasteiger partial charge is 0.159 e. The Kier molecular flexibility index (Phi) is 12.9. The molecule has 0 saturated heterocycles. The molecule has 6 aromatic rings. The fourth-order valence-electron chi connectivity index (χ4n) is 3.78. The topological polar surface area (TPSA) is 122 Å². The molecular weight excluding hydrogens is 749 g/mol. The first kappa shape index (κ1) is 36.5. The highest BCUT2D eigenvalue weighted by atomic mass is 35.5. The van der Waals surface area contributed by atoms with E-state index < -0.39 is 0 Å². The molecule has 2 aromatic carbocycles. The SMILES string of the molecule is Cc1ccn(-c2cc(Nc3c(Cl)cc(Cl)cc3Cl)nc(C)n2)n1.Cc1ccn[nH]1.Cc1nc(Cl)cc(Nc2c(Cl)cc(Cl)cc2Cl)n1. The van der Waals surface area contributed by atoms with Crippen molar-refractivity contribution in [2.75, 3.05) is 10.6 Å². The van der Waals surface area contributed by atoms with E-state index in [2.05, 4.69) is 45.9 Å². The van der Waals surface area contributed by atoms with Crippen LogP contribution in [0.2, 0.25) is 35.3 Å². The van der Waals surface area contributed by atoms with Crippen molar-refractivity contribution in [3.63, 3.8) is 0 Å². The third-order valence-corrected chi connectivity index (χ3v) is 7.57. The van der Waals surface area contributed by atoms with Crippen LogP contribution < -0.4 is 10.6 Å². The van der Waals surface area contributed by atoms with Crippen LogP contribution in [-0.4, -0.2) is 39.9 Å². The van der Waals surface area contributed by atoms with Crippen LogP contribution >= 0.6 is 81.2 Å². The highest BCUT2D eigenvalue weighted by Crippen LogP contribution is 2.36. The van der Waals surface area contributed by atoms with E-state index in [4.69, 9.17) is 81.2 Å². The molecule has 10 nitrogen and oxygen atoms in total. The summed E-state index contributed by atoms with van der Waals surface area (Å²) >= 11 is 42.1. The Morgan fingerprint density at radius 1 is 0.617 bits per heavy atom. The van der Waals surface area contributed by atoms with Crippen molar-refractivity contribution in [3.8, 4) is 5.82 Å². The summed E-state index contributed by atoms with van der Waals surface area (Å²) < 4.78 is 1.68. The van der Waals surface area contributed by atoms with Gasteiger partial charge in [-0.05, 0) is 64.1 Å². The van der Waals surface area contributed by atoms with Crippen LogP contribution in [0.15, 0.2) is 60.9 Å². The second-order valence-corrected chi connectivity index (χ2v) is 12.6. The second kappa shape index (κ2) is 16.7. The van der Waals surface area contributed by atoms with Crippen molar-refractivity contribution in [3.05, 3.63) is 119 Å². The highest BCUT2D eigenvalue weighted by molar-refractivity contribution is 6.42. The fraction of sp³-hybridized carbons (Fsp3) is 0.133. The predicted molar refractivity (Wildman–Crippen MR) is 193 cm³/mol. The molecule has 17 heteroatoms. The molecule has 0 saturated carbocycles. The average molecular weight is 774 g/mol. The zero-order valence-electron chi connectivity index (χ0n) is 25.0. The van der Waals surface area contributed by atoms with Crippen LogP contribution in [0, 0.1) is 27.7 Å². The first-order valence-electron chi connectivity index (χ1n) is 13.5. The standard InChI is InChI=1S/C15H12Cl3N5.C11H7Cl4N3.C4H6N2/c1-8-3-4-23(22-8)14-7-13(19-9(2)20-14)21-15-11(17)5-10(16)6-12(15)18;1-5-16-9(15)4-10(17-5)18-11-7(13)2-6(12)3-8(11)14;1-4-2-3-5-6-4/h3-7H,1-2H3,(H,19,20,21);2-4H,1H3,(H,16,17,18);2-3H,1H3,(H,5,6). The lowest BCUT2D eigenvalue weighted by atomic mass is 10.3. The Balaban J connectivity index is 0.000000184. The molecule has 0 bridgehead atoms. The number of aromatic amines is 1. The van der Waals surface area contributed by atoms with Gasteiger partial charge in [-0.3, -0.25) is 5.10 Å². The molecule has 0 fully saturated rings. The Bertz CT molecular complexity index is 1910. The minimum atomic E-state index is 0.339. The van der Waals surface area contributed by atoms with E-state index in [0.717, 1.165) is 11.4 Å². The number of nitrogens with zero attached hydrogens (tertiary/aromatic N) is 7. The molecule has 0 aliphatic carbocycles. The van der Waals surface area contributed by atoms with Crippen LogP contribution in [0.4, 0.5) is 23.0 Å². The summed E-state index contributed by atoms with van der Waals surface area (Å²) in [4.78, 5) is 16.9. The number of H-pyrrole nitrogens is 1. The van der Waals surface area contributed by atoms with Crippen LogP contribution in [0.25, 0.3) is 5.82 Å². The Morgan fingerprint density at radius 2 is 1.13 bits per heavy atom. The number of rotatable bonds is 5. The molecular formula is C30H25Cl7N10. The van der Waals surface area contributed by atoms with Gasteiger partial charge in [0.25, 0.3) is 0 Å². The zero-order chi connectivity index (χ0) is 34.2. The lowest BCUT2D eigenvalue weighted by molar-refractivity contribution is 0.817. The molecule has 244 valence electrons. The number of aryl methyl sites for hydroxylation is 4. The molecule has 0 unspecified atom stereocenters. The van der Waals surface area contributed by atoms with E-state index in [1.54, 1.807) is 61.1 Å². The van der Waals surface area contributed by atoms with E-state index >= 15 is 0 Å². The van der Waals surface area contributed by atoms with Crippen LogP contribution in [0.5, 0.6) is 0 Å². The average Bonchev–Trinajstić information content (AvgIpc) is 3.63. The Hall–Kier alpha value is -3.35. The summed E-state index contributed by atoms with van der Waals surface area (Å²) in [7, 11) is 0. The lowest BCUT2D eigenvalue weighted by Crippen LogP contribution is -2.05. The van der Waals surface area contributed by atoms with E-state index in [0.29, 0.717) is 75.8 Å². The summed E-state index contributed by atoms with van der Waals surface area (Å²) in [6, 6.07) is 13.6. The number of anilines is 4. The Morgan fingerprint density at radius 3 is 1.53 bits per heavy atom. The third kappa shape index (κ3) is 10.8. The van der Waals surface area contributed by atoms with Gasteiger partial charge in [0.1, 0.15) is 28.4 Å². The maximum Gasteiger partial charge on any atom is 0.159 e. The van der Waals surface area contributed by atoms with Crippen LogP contribution in [0.1, 0.15) is 23.0 Å². The summed E-state index contributed by atoms with van der Waals surface area (Å²) in [5, 5.41) is 19.8. The zero-order valence-corrected chi connectivity index (χ0v) is 30.3. The van der Waals surface area contributed by atoms with Gasteiger partial charge < -0.3 is 10.6 Å². The van der Waals surface area contributed by atoms with E-state index in [9.17, 15) is 0 Å². The molecule has 4 aromatic heterocycles. The molecule has 0 spiro atoms. The van der Waals surface area contributed by atoms with Gasteiger partial charge >= 0.3 is 0 Å². The fourth-order valence-corrected chi connectivity index (χ4v) is 5.82. The minimum Gasteiger partial charge on any atom is -0.338 e. The number of aromatic nitrogens is 8. The summed E-state index contributed by atoms with van der Waals surface area (Å²) in [5.74, 6) is 2.87. The van der Waals surface area contributed by atoms with Gasteiger partial charge in [0, 0.05) is 40.3 Å². The maximum absolute atomic E-state index is 6.19. The van der Waals surface area contributed by atoms with E-state index in [1.807, 2.05) is 32.2 Å². The van der Waals surface area contributed by atoms with Crippen LogP contribution in [-0.2, 0) is 0 Å².